The van der Waals surface area contributed by atoms with E-state index in [2.05, 4.69) is 59.0 Å². The van der Waals surface area contributed by atoms with E-state index in [0.29, 0.717) is 56.4 Å². The van der Waals surface area contributed by atoms with Crippen LogP contribution in [0.5, 0.6) is 0 Å². The van der Waals surface area contributed by atoms with Crippen molar-refractivity contribution < 1.29 is 110 Å². The van der Waals surface area contributed by atoms with Gasteiger partial charge in [0.25, 0.3) is 0 Å². The fourth-order valence-electron chi connectivity index (χ4n) is 16.4. The molecule has 134 heavy (non-hydrogen) atoms. The average Bonchev–Trinajstić information content (AvgIpc) is 1.58. The van der Waals surface area contributed by atoms with Gasteiger partial charge in [-0.3, -0.25) is 0 Å². The number of thioether (sulfide) groups is 1. The van der Waals surface area contributed by atoms with Gasteiger partial charge in [-0.15, -0.1) is 0 Å². The number of nitriles is 6. The SMILES string of the molecule is [C-]#[N+]C([N+]#[C-])=C1Cc2c(-c3nc(C)nc(C)n3)c3c(c(-c4nc(C)nc(C)n4)c2=C1C)CC(=C(C#N)C#N)C=3SC(F)(F)F.[C-]#[N+]C([N+]#[C-])=C1Cc2c(F)c3c(c(F)c2=C1c1c(F)c(F)c(F)c(F)c1F)CC(=C(C#N)C#N)C=3c1c(F)c(F)c(F)c(F)c1F.[C-]#[N+]C([N+]#[C-])=C1Cc2cc3c(cc2=C1c1c(F)c(F)c(F)c(F)c1F)CC(=C(C#N)C#N)C=3c1c(F)c(F)c(F)c(F)c1F. The molecule has 0 bridgehead atoms. The molecule has 660 valence electrons. The Bertz CT molecular complexity index is 7800. The first kappa shape index (κ1) is 94.3. The van der Waals surface area contributed by atoms with E-state index >= 15 is 43.9 Å². The molecule has 44 heteroatoms. The molecule has 0 unspecified atom stereocenters. The van der Waals surface area contributed by atoms with Crippen molar-refractivity contribution in [3.05, 3.63) is 386 Å². The molecule has 9 aromatic rings. The minimum Gasteiger partial charge on any atom is -0.219 e. The van der Waals surface area contributed by atoms with Crippen molar-refractivity contribution in [2.75, 3.05) is 0 Å². The van der Waals surface area contributed by atoms with E-state index in [9.17, 15) is 97.4 Å². The Morgan fingerprint density at radius 3 is 0.866 bits per heavy atom. The Morgan fingerprint density at radius 1 is 0.291 bits per heavy atom. The maximum atomic E-state index is 16.5. The highest BCUT2D eigenvalue weighted by atomic mass is 32.2. The van der Waals surface area contributed by atoms with Gasteiger partial charge in [0, 0.05) is 79.6 Å². The lowest BCUT2D eigenvalue weighted by molar-refractivity contribution is -0.0318. The van der Waals surface area contributed by atoms with Crippen LogP contribution in [0, 0.1) is 263 Å². The zero-order valence-electron chi connectivity index (χ0n) is 66.8. The Hall–Kier alpha value is -17.3. The summed E-state index contributed by atoms with van der Waals surface area (Å²) in [5, 5.41) is 54.9. The van der Waals surface area contributed by atoms with Crippen molar-refractivity contribution in [1.29, 1.82) is 31.6 Å². The molecule has 2 heterocycles. The number of allylic oxidation sites excluding steroid dienone is 8. The number of aromatic nitrogens is 6. The Labute approximate surface area is 736 Å². The highest BCUT2D eigenvalue weighted by molar-refractivity contribution is 8.09. The largest absolute Gasteiger partial charge is 0.523 e. The summed E-state index contributed by atoms with van der Waals surface area (Å²) in [6.45, 7) is 52.6. The van der Waals surface area contributed by atoms with Gasteiger partial charge in [-0.1, -0.05) is 0 Å². The number of nitrogens with zero attached hydrogens (tertiary/aromatic N) is 18. The Balaban J connectivity index is 0.000000170. The van der Waals surface area contributed by atoms with Crippen LogP contribution >= 0.6 is 11.8 Å². The third kappa shape index (κ3) is 14.9. The quantitative estimate of drug-likeness (QED) is 0.0474. The van der Waals surface area contributed by atoms with Crippen molar-refractivity contribution in [2.24, 2.45) is 0 Å². The molecule has 0 saturated carbocycles. The van der Waals surface area contributed by atoms with Gasteiger partial charge in [0.2, 0.25) is 23.3 Å². The number of hydrogen-bond acceptors (Lipinski definition) is 13. The molecule has 0 aliphatic heterocycles. The zero-order valence-corrected chi connectivity index (χ0v) is 67.6. The third-order valence-corrected chi connectivity index (χ3v) is 22.5. The van der Waals surface area contributed by atoms with Crippen LogP contribution in [0.4, 0.5) is 110 Å². The van der Waals surface area contributed by atoms with E-state index in [1.54, 1.807) is 46.8 Å². The fourth-order valence-corrected chi connectivity index (χ4v) is 17.2. The topological polar surface area (TPSA) is 246 Å². The van der Waals surface area contributed by atoms with Crippen LogP contribution in [0.2, 0.25) is 0 Å². The summed E-state index contributed by atoms with van der Waals surface area (Å²) in [5.41, 5.74) is -20.9. The van der Waals surface area contributed by atoms with Crippen molar-refractivity contribution >= 4 is 44.5 Å². The van der Waals surface area contributed by atoms with E-state index < -0.39 is 288 Å². The molecule has 0 fully saturated rings. The number of hydrogen-bond donors (Lipinski definition) is 0. The molecule has 0 radical (unpaired) electrons. The summed E-state index contributed by atoms with van der Waals surface area (Å²) >= 11 is -0.420. The second kappa shape index (κ2) is 35.3. The van der Waals surface area contributed by atoms with E-state index in [-0.39, 0.29) is 73.1 Å². The Morgan fingerprint density at radius 2 is 0.537 bits per heavy atom. The van der Waals surface area contributed by atoms with Gasteiger partial charge in [0.1, 0.15) is 127 Å². The van der Waals surface area contributed by atoms with Crippen LogP contribution in [0.15, 0.2) is 79.8 Å². The predicted octanol–water partition coefficient (Wildman–Crippen LogP) is 16.9. The van der Waals surface area contributed by atoms with Crippen LogP contribution in [0.3, 0.4) is 0 Å². The zero-order chi connectivity index (χ0) is 98.5. The third-order valence-electron chi connectivity index (χ3n) is 21.6. The van der Waals surface area contributed by atoms with Gasteiger partial charge in [-0.05, 0) is 143 Å². The van der Waals surface area contributed by atoms with Gasteiger partial charge >= 0.3 is 23.0 Å². The first-order valence-electron chi connectivity index (χ1n) is 36.7. The molecule has 7 aromatic carbocycles. The van der Waals surface area contributed by atoms with Gasteiger partial charge in [-0.25, -0.2) is 126 Å². The Kier molecular flexibility index (Phi) is 24.8. The lowest BCUT2D eigenvalue weighted by atomic mass is 9.92. The smallest absolute Gasteiger partial charge is 0.219 e. The second-order valence-electron chi connectivity index (χ2n) is 28.6. The number of alkyl halides is 3. The summed E-state index contributed by atoms with van der Waals surface area (Å²) < 4.78 is 365. The molecule has 0 spiro atoms. The van der Waals surface area contributed by atoms with Crippen LogP contribution in [0.25, 0.3) is 84.6 Å². The predicted molar refractivity (Wildman–Crippen MR) is 412 cm³/mol. The highest BCUT2D eigenvalue weighted by Gasteiger charge is 2.46. The number of benzene rings is 7. The van der Waals surface area contributed by atoms with Gasteiger partial charge in [0.05, 0.1) is 39.0 Å². The molecule has 0 N–H and O–H groups in total. The normalized spacial score (nSPS) is 13.3. The summed E-state index contributed by atoms with van der Waals surface area (Å²) in [7, 11) is 0. The molecule has 15 rings (SSSR count). The van der Waals surface area contributed by atoms with E-state index in [0.717, 1.165) is 12.1 Å². The maximum Gasteiger partial charge on any atom is 0.523 e. The standard InChI is InChI=1S/C30H4F12N4.C30H6F10N4.C30H19F3N10S/c1-45-30(46-2)11-4-10-15(13(11)17-22(35)26(39)29(42)27(40)23(17)36)18(31)9-3-8(7(5-43)6-44)12(14(9)19(10)32)16-20(33)24(37)28(41)25(38)21(16)34;1-43-30(44-2)15-6-10-4-12-9(3-13(10)17(15)19-22(33)26(37)29(40)27(38)23(19)34)5-14(11(7-41)8-42)16(12)18-20(31)24(35)28(39)25(36)21(18)32;1-12-18(27(36-6)37-7)8-20-22(12)24(28-40-13(2)38-14(3)41-28)21-9-19(17(10-34)11-35)26(44-30(31,32)33)23(21)25(20)29-42-15(4)39-16(5)43-29/h3-4H2;3-4H,5-6H2;8-9H2,1-5H3. The molecule has 0 saturated heterocycles. The molecule has 6 aliphatic rings. The minimum absolute atomic E-state index is 0.0239. The summed E-state index contributed by atoms with van der Waals surface area (Å²) in [4.78, 5) is 44.6. The number of fused-ring (bicyclic) bond motifs is 6. The van der Waals surface area contributed by atoms with Crippen molar-refractivity contribution in [3.8, 4) is 59.2 Å². The molecule has 0 amide bonds. The molecule has 2 aromatic heterocycles. The van der Waals surface area contributed by atoms with Crippen molar-refractivity contribution in [3.63, 3.8) is 0 Å². The van der Waals surface area contributed by atoms with E-state index in [1.165, 1.54) is 24.3 Å². The summed E-state index contributed by atoms with van der Waals surface area (Å²) in [6.07, 6.45) is -3.74. The summed E-state index contributed by atoms with van der Waals surface area (Å²) in [6, 6.07) is 11.0. The molecule has 18 nitrogen and oxygen atoms in total. The first-order valence-corrected chi connectivity index (χ1v) is 37.6. The van der Waals surface area contributed by atoms with Crippen LogP contribution < -0.4 is 31.3 Å². The lowest BCUT2D eigenvalue weighted by Crippen LogP contribution is -2.28. The van der Waals surface area contributed by atoms with Crippen LogP contribution in [0.1, 0.15) is 85.9 Å². The number of aryl methyl sites for hydroxylation is 4. The van der Waals surface area contributed by atoms with E-state index in [1.807, 2.05) is 0 Å². The van der Waals surface area contributed by atoms with E-state index in [4.69, 9.17) is 39.4 Å². The minimum atomic E-state index is -4.78. The summed E-state index contributed by atoms with van der Waals surface area (Å²) in [5.74, 6) is -53.3. The maximum absolute atomic E-state index is 16.5. The van der Waals surface area contributed by atoms with Gasteiger partial charge in [0.15, 0.2) is 105 Å². The van der Waals surface area contributed by atoms with Gasteiger partial charge in [-0.2, -0.15) is 73.8 Å². The number of halogens is 25. The highest BCUT2D eigenvalue weighted by Crippen LogP contribution is 2.49. The van der Waals surface area contributed by atoms with Gasteiger partial charge < -0.3 is 0 Å². The van der Waals surface area contributed by atoms with Crippen molar-refractivity contribution in [2.45, 2.75) is 78.7 Å². The average molecular weight is 1870 g/mol. The van der Waals surface area contributed by atoms with Crippen LogP contribution in [-0.4, -0.2) is 35.4 Å². The van der Waals surface area contributed by atoms with Crippen molar-refractivity contribution in [1.82, 2.24) is 29.9 Å². The molecule has 0 atom stereocenters. The lowest BCUT2D eigenvalue weighted by Gasteiger charge is -2.16. The molecular formula is C90H29F25N18S. The monoisotopic (exact) mass is 1870 g/mol. The van der Waals surface area contributed by atoms with Crippen LogP contribution in [-0.2, 0) is 38.5 Å². The number of rotatable bonds is 7. The molecule has 6 aliphatic carbocycles. The molecular weight excluding hydrogens is 1840 g/mol. The fraction of sp³-hybridized carbons (Fsp3) is 0.133. The first-order chi connectivity index (χ1) is 63.3. The second-order valence-corrected chi connectivity index (χ2v) is 29.7.